The van der Waals surface area contributed by atoms with Gasteiger partial charge >= 0.3 is 0 Å². The highest BCUT2D eigenvalue weighted by Crippen LogP contribution is 2.27. The van der Waals surface area contributed by atoms with Gasteiger partial charge in [0.2, 0.25) is 0 Å². The Morgan fingerprint density at radius 1 is 1.20 bits per heavy atom. The first kappa shape index (κ1) is 17.0. The Labute approximate surface area is 150 Å². The fourth-order valence-electron chi connectivity index (χ4n) is 2.40. The molecule has 25 heavy (non-hydrogen) atoms. The van der Waals surface area contributed by atoms with E-state index in [0.717, 1.165) is 16.5 Å². The number of ether oxygens (including phenoxy) is 1. The number of benzene rings is 2. The van der Waals surface area contributed by atoms with Crippen LogP contribution in [0, 0.1) is 18.3 Å². The number of methoxy groups -OCH3 is 1. The van der Waals surface area contributed by atoms with Crippen molar-refractivity contribution in [3.63, 3.8) is 0 Å². The Morgan fingerprint density at radius 3 is 2.64 bits per heavy atom. The molecule has 0 bridgehead atoms. The molecule has 1 aromatic heterocycles. The highest BCUT2D eigenvalue weighted by Gasteiger charge is 2.12. The van der Waals surface area contributed by atoms with Crippen molar-refractivity contribution >= 4 is 28.4 Å². The Balaban J connectivity index is 1.85. The molecule has 4 nitrogen and oxygen atoms in total. The van der Waals surface area contributed by atoms with Gasteiger partial charge < -0.3 is 4.74 Å². The van der Waals surface area contributed by atoms with Gasteiger partial charge in [0.1, 0.15) is 16.8 Å². The standard InChI is InChI=1S/C20H16N2O2S/c1-13-3-5-14(6-4-13)19(23)12-25-20-16(11-21)9-15-7-8-17(24-2)10-18(15)22-20/h3-10H,12H2,1-2H3. The summed E-state index contributed by atoms with van der Waals surface area (Å²) in [5.41, 5.74) is 2.99. The van der Waals surface area contributed by atoms with Crippen LogP contribution in [0.25, 0.3) is 10.9 Å². The summed E-state index contributed by atoms with van der Waals surface area (Å²) in [5.74, 6) is 0.957. The number of fused-ring (bicyclic) bond motifs is 1. The highest BCUT2D eigenvalue weighted by atomic mass is 32.2. The number of hydrogen-bond acceptors (Lipinski definition) is 5. The van der Waals surface area contributed by atoms with Crippen molar-refractivity contribution in [3.05, 3.63) is 65.2 Å². The summed E-state index contributed by atoms with van der Waals surface area (Å²) in [6.07, 6.45) is 0. The second-order valence-corrected chi connectivity index (χ2v) is 6.55. The zero-order valence-corrected chi connectivity index (χ0v) is 14.8. The van der Waals surface area contributed by atoms with E-state index in [0.29, 0.717) is 21.9 Å². The van der Waals surface area contributed by atoms with Crippen LogP contribution in [0.3, 0.4) is 0 Å². The summed E-state index contributed by atoms with van der Waals surface area (Å²) in [7, 11) is 1.60. The molecule has 0 saturated heterocycles. The molecule has 0 radical (unpaired) electrons. The van der Waals surface area contributed by atoms with E-state index in [1.165, 1.54) is 11.8 Å². The molecule has 0 atom stereocenters. The predicted molar refractivity (Wildman–Crippen MR) is 99.2 cm³/mol. The molecule has 3 rings (SSSR count). The molecule has 0 aliphatic heterocycles. The monoisotopic (exact) mass is 348 g/mol. The summed E-state index contributed by atoms with van der Waals surface area (Å²) in [5, 5.41) is 10.8. The van der Waals surface area contributed by atoms with Crippen molar-refractivity contribution < 1.29 is 9.53 Å². The number of aromatic nitrogens is 1. The summed E-state index contributed by atoms with van der Waals surface area (Å²) >= 11 is 1.28. The van der Waals surface area contributed by atoms with Crippen LogP contribution in [0.2, 0.25) is 0 Å². The van der Waals surface area contributed by atoms with Gasteiger partial charge in [-0.15, -0.1) is 0 Å². The number of rotatable bonds is 5. The minimum atomic E-state index is 0.0152. The molecule has 124 valence electrons. The molecule has 0 fully saturated rings. The SMILES string of the molecule is COc1ccc2cc(C#N)c(SCC(=O)c3ccc(C)cc3)nc2c1. The predicted octanol–water partition coefficient (Wildman–Crippen LogP) is 4.40. The molecular formula is C20H16N2O2S. The second kappa shape index (κ2) is 7.37. The number of nitriles is 1. The number of nitrogens with zero attached hydrogens (tertiary/aromatic N) is 2. The van der Waals surface area contributed by atoms with Gasteiger partial charge in [-0.05, 0) is 25.1 Å². The van der Waals surface area contributed by atoms with Crippen LogP contribution in [0.1, 0.15) is 21.5 Å². The normalized spacial score (nSPS) is 10.4. The van der Waals surface area contributed by atoms with E-state index in [2.05, 4.69) is 11.1 Å². The fourth-order valence-corrected chi connectivity index (χ4v) is 3.26. The fraction of sp³-hybridized carbons (Fsp3) is 0.150. The number of pyridine rings is 1. The van der Waals surface area contributed by atoms with E-state index in [1.807, 2.05) is 49.4 Å². The largest absolute Gasteiger partial charge is 0.497 e. The van der Waals surface area contributed by atoms with Gasteiger partial charge in [0.25, 0.3) is 0 Å². The third kappa shape index (κ3) is 3.81. The average molecular weight is 348 g/mol. The van der Waals surface area contributed by atoms with Crippen LogP contribution in [0.5, 0.6) is 5.75 Å². The lowest BCUT2D eigenvalue weighted by Crippen LogP contribution is -2.03. The third-order valence-electron chi connectivity index (χ3n) is 3.82. The Kier molecular flexibility index (Phi) is 5.01. The van der Waals surface area contributed by atoms with Gasteiger partial charge in [-0.3, -0.25) is 4.79 Å². The first-order chi connectivity index (χ1) is 12.1. The van der Waals surface area contributed by atoms with E-state index < -0.39 is 0 Å². The first-order valence-electron chi connectivity index (χ1n) is 7.72. The minimum absolute atomic E-state index is 0.0152. The zero-order chi connectivity index (χ0) is 17.8. The average Bonchev–Trinajstić information content (AvgIpc) is 2.65. The molecule has 0 spiro atoms. The van der Waals surface area contributed by atoms with Crippen LogP contribution < -0.4 is 4.74 Å². The van der Waals surface area contributed by atoms with Gasteiger partial charge in [0.15, 0.2) is 5.78 Å². The number of ketones is 1. The van der Waals surface area contributed by atoms with Crippen molar-refractivity contribution in [3.8, 4) is 11.8 Å². The third-order valence-corrected chi connectivity index (χ3v) is 4.81. The second-order valence-electron chi connectivity index (χ2n) is 5.59. The topological polar surface area (TPSA) is 63.0 Å². The number of carbonyl (C=O) groups excluding carboxylic acids is 1. The van der Waals surface area contributed by atoms with E-state index in [-0.39, 0.29) is 11.5 Å². The molecule has 1 heterocycles. The molecule has 5 heteroatoms. The smallest absolute Gasteiger partial charge is 0.173 e. The number of hydrogen-bond donors (Lipinski definition) is 0. The van der Waals surface area contributed by atoms with Crippen LogP contribution in [0.15, 0.2) is 53.6 Å². The van der Waals surface area contributed by atoms with Crippen molar-refractivity contribution in [2.24, 2.45) is 0 Å². The molecule has 0 aliphatic carbocycles. The number of aryl methyl sites for hydroxylation is 1. The van der Waals surface area contributed by atoms with Gasteiger partial charge in [0, 0.05) is 17.0 Å². The molecule has 3 aromatic rings. The lowest BCUT2D eigenvalue weighted by atomic mass is 10.1. The van der Waals surface area contributed by atoms with Crippen LogP contribution in [-0.4, -0.2) is 23.6 Å². The van der Waals surface area contributed by atoms with E-state index in [4.69, 9.17) is 4.74 Å². The van der Waals surface area contributed by atoms with Crippen molar-refractivity contribution in [2.45, 2.75) is 11.9 Å². The van der Waals surface area contributed by atoms with Gasteiger partial charge in [-0.1, -0.05) is 41.6 Å². The van der Waals surface area contributed by atoms with Crippen LogP contribution in [-0.2, 0) is 0 Å². The maximum atomic E-state index is 12.3. The maximum Gasteiger partial charge on any atom is 0.173 e. The molecule has 2 aromatic carbocycles. The Bertz CT molecular complexity index is 975. The van der Waals surface area contributed by atoms with E-state index >= 15 is 0 Å². The summed E-state index contributed by atoms with van der Waals surface area (Å²) in [4.78, 5) is 16.9. The zero-order valence-electron chi connectivity index (χ0n) is 13.9. The number of thioether (sulfide) groups is 1. The van der Waals surface area contributed by atoms with Crippen LogP contribution >= 0.6 is 11.8 Å². The van der Waals surface area contributed by atoms with E-state index in [1.54, 1.807) is 13.2 Å². The molecule has 0 aliphatic rings. The van der Waals surface area contributed by atoms with Crippen molar-refractivity contribution in [1.29, 1.82) is 5.26 Å². The minimum Gasteiger partial charge on any atom is -0.497 e. The van der Waals surface area contributed by atoms with Crippen LogP contribution in [0.4, 0.5) is 0 Å². The quantitative estimate of drug-likeness (QED) is 0.505. The summed E-state index contributed by atoms with van der Waals surface area (Å²) in [6.45, 7) is 1.98. The Morgan fingerprint density at radius 2 is 1.96 bits per heavy atom. The van der Waals surface area contributed by atoms with Gasteiger partial charge in [-0.25, -0.2) is 4.98 Å². The molecule has 0 N–H and O–H groups in total. The van der Waals surface area contributed by atoms with Crippen molar-refractivity contribution in [2.75, 3.05) is 12.9 Å². The van der Waals surface area contributed by atoms with Gasteiger partial charge in [-0.2, -0.15) is 5.26 Å². The molecule has 0 amide bonds. The lowest BCUT2D eigenvalue weighted by Gasteiger charge is -2.07. The summed E-state index contributed by atoms with van der Waals surface area (Å²) in [6, 6.07) is 17.0. The molecular weight excluding hydrogens is 332 g/mol. The van der Waals surface area contributed by atoms with Crippen molar-refractivity contribution in [1.82, 2.24) is 4.98 Å². The molecule has 0 unspecified atom stereocenters. The number of carbonyl (C=O) groups is 1. The maximum absolute atomic E-state index is 12.3. The van der Waals surface area contributed by atoms with E-state index in [9.17, 15) is 10.1 Å². The lowest BCUT2D eigenvalue weighted by molar-refractivity contribution is 0.102. The molecule has 0 saturated carbocycles. The Hall–Kier alpha value is -2.84. The van der Waals surface area contributed by atoms with Gasteiger partial charge in [0.05, 0.1) is 23.9 Å². The first-order valence-corrected chi connectivity index (χ1v) is 8.71. The summed E-state index contributed by atoms with van der Waals surface area (Å²) < 4.78 is 5.22. The number of Topliss-reactive ketones (excluding diaryl/α,β-unsaturated/α-hetero) is 1. The highest BCUT2D eigenvalue weighted by molar-refractivity contribution is 8.00.